The van der Waals surface area contributed by atoms with Crippen molar-refractivity contribution in [2.75, 3.05) is 0 Å². The summed E-state index contributed by atoms with van der Waals surface area (Å²) in [6.07, 6.45) is -0.532. The van der Waals surface area contributed by atoms with Crippen molar-refractivity contribution in [3.8, 4) is 5.75 Å². The molecule has 3 nitrogen and oxygen atoms in total. The fraction of sp³-hybridized carbons (Fsp3) is 0.278. The summed E-state index contributed by atoms with van der Waals surface area (Å²) in [6, 6.07) is 13.5. The van der Waals surface area contributed by atoms with Crippen LogP contribution in [-0.2, 0) is 11.2 Å². The molecule has 2 rings (SSSR count). The van der Waals surface area contributed by atoms with E-state index in [2.05, 4.69) is 6.07 Å². The molecule has 2 aromatic rings. The zero-order valence-electron chi connectivity index (χ0n) is 12.6. The van der Waals surface area contributed by atoms with Crippen LogP contribution in [0.4, 0.5) is 0 Å². The largest absolute Gasteiger partial charge is 0.478 e. The summed E-state index contributed by atoms with van der Waals surface area (Å²) >= 11 is 0. The third kappa shape index (κ3) is 3.85. The molecule has 21 heavy (non-hydrogen) atoms. The van der Waals surface area contributed by atoms with Gasteiger partial charge in [-0.3, -0.25) is 0 Å². The summed E-state index contributed by atoms with van der Waals surface area (Å²) in [4.78, 5) is 11.5. The van der Waals surface area contributed by atoms with Gasteiger partial charge in [-0.2, -0.15) is 0 Å². The highest BCUT2D eigenvalue weighted by atomic mass is 16.5. The summed E-state index contributed by atoms with van der Waals surface area (Å²) < 4.78 is 5.77. The molecular formula is C18H20O3. The molecule has 0 heterocycles. The summed E-state index contributed by atoms with van der Waals surface area (Å²) in [7, 11) is 0. The van der Waals surface area contributed by atoms with Crippen molar-refractivity contribution in [3.05, 3.63) is 64.7 Å². The first-order chi connectivity index (χ1) is 9.97. The Labute approximate surface area is 125 Å². The molecule has 0 saturated carbocycles. The van der Waals surface area contributed by atoms with E-state index in [0.717, 1.165) is 22.3 Å². The van der Waals surface area contributed by atoms with E-state index in [0.29, 0.717) is 12.2 Å². The average molecular weight is 284 g/mol. The Morgan fingerprint density at radius 2 is 1.81 bits per heavy atom. The first kappa shape index (κ1) is 15.1. The second kappa shape index (κ2) is 6.44. The molecule has 0 radical (unpaired) electrons. The van der Waals surface area contributed by atoms with Gasteiger partial charge in [-0.1, -0.05) is 36.4 Å². The van der Waals surface area contributed by atoms with Crippen molar-refractivity contribution in [1.29, 1.82) is 0 Å². The number of rotatable bonds is 5. The Morgan fingerprint density at radius 3 is 2.43 bits per heavy atom. The molecule has 0 fully saturated rings. The summed E-state index contributed by atoms with van der Waals surface area (Å²) in [5.74, 6) is -0.298. The first-order valence-electron chi connectivity index (χ1n) is 6.98. The topological polar surface area (TPSA) is 46.5 Å². The van der Waals surface area contributed by atoms with Crippen LogP contribution in [0.25, 0.3) is 0 Å². The second-order valence-corrected chi connectivity index (χ2v) is 5.34. The maximum atomic E-state index is 11.5. The summed E-state index contributed by atoms with van der Waals surface area (Å²) in [6.45, 7) is 5.93. The van der Waals surface area contributed by atoms with Gasteiger partial charge in [-0.25, -0.2) is 4.79 Å². The van der Waals surface area contributed by atoms with Crippen molar-refractivity contribution in [1.82, 2.24) is 0 Å². The van der Waals surface area contributed by atoms with Crippen LogP contribution in [0.15, 0.2) is 42.5 Å². The Morgan fingerprint density at radius 1 is 1.14 bits per heavy atom. The van der Waals surface area contributed by atoms with Crippen molar-refractivity contribution < 1.29 is 14.6 Å². The number of ether oxygens (including phenoxy) is 1. The number of hydrogen-bond acceptors (Lipinski definition) is 2. The van der Waals surface area contributed by atoms with Crippen LogP contribution in [0.5, 0.6) is 5.75 Å². The molecule has 1 N–H and O–H groups in total. The Bertz CT molecular complexity index is 632. The van der Waals surface area contributed by atoms with Gasteiger partial charge in [0.15, 0.2) is 6.10 Å². The van der Waals surface area contributed by atoms with Gasteiger partial charge in [0.05, 0.1) is 0 Å². The van der Waals surface area contributed by atoms with E-state index in [1.807, 2.05) is 57.2 Å². The Balaban J connectivity index is 2.23. The van der Waals surface area contributed by atoms with E-state index in [4.69, 9.17) is 4.74 Å². The SMILES string of the molecule is Cc1cc(C)c(C)c(O[C@H](Cc2ccccc2)C(=O)O)c1. The van der Waals surface area contributed by atoms with Crippen molar-refractivity contribution in [2.45, 2.75) is 33.3 Å². The van der Waals surface area contributed by atoms with Crippen molar-refractivity contribution >= 4 is 5.97 Å². The summed E-state index contributed by atoms with van der Waals surface area (Å²) in [5, 5.41) is 9.40. The minimum atomic E-state index is -0.947. The van der Waals surface area contributed by atoms with Gasteiger partial charge in [0.25, 0.3) is 0 Å². The van der Waals surface area contributed by atoms with Crippen LogP contribution >= 0.6 is 0 Å². The average Bonchev–Trinajstić information content (AvgIpc) is 2.44. The lowest BCUT2D eigenvalue weighted by Gasteiger charge is -2.18. The molecule has 0 aliphatic rings. The number of aryl methyl sites for hydroxylation is 2. The number of carbonyl (C=O) groups is 1. The predicted molar refractivity (Wildman–Crippen MR) is 82.9 cm³/mol. The molecule has 3 heteroatoms. The molecule has 0 aliphatic carbocycles. The van der Waals surface area contributed by atoms with Gasteiger partial charge in [-0.05, 0) is 49.1 Å². The molecule has 0 saturated heterocycles. The van der Waals surface area contributed by atoms with E-state index < -0.39 is 12.1 Å². The highest BCUT2D eigenvalue weighted by Gasteiger charge is 2.21. The van der Waals surface area contributed by atoms with Gasteiger partial charge in [-0.15, -0.1) is 0 Å². The zero-order valence-corrected chi connectivity index (χ0v) is 12.6. The van der Waals surface area contributed by atoms with Gasteiger partial charge >= 0.3 is 5.97 Å². The number of aliphatic carboxylic acids is 1. The number of benzene rings is 2. The van der Waals surface area contributed by atoms with E-state index in [1.165, 1.54) is 0 Å². The number of carboxylic acids is 1. The molecule has 0 amide bonds. The smallest absolute Gasteiger partial charge is 0.345 e. The lowest BCUT2D eigenvalue weighted by molar-refractivity contribution is -0.145. The maximum absolute atomic E-state index is 11.5. The maximum Gasteiger partial charge on any atom is 0.345 e. The van der Waals surface area contributed by atoms with Crippen LogP contribution < -0.4 is 4.74 Å². The van der Waals surface area contributed by atoms with Crippen LogP contribution in [0.1, 0.15) is 22.3 Å². The minimum absolute atomic E-state index is 0.350. The molecule has 0 bridgehead atoms. The third-order valence-electron chi connectivity index (χ3n) is 3.57. The van der Waals surface area contributed by atoms with E-state index in [9.17, 15) is 9.90 Å². The molecule has 0 unspecified atom stereocenters. The minimum Gasteiger partial charge on any atom is -0.478 e. The van der Waals surface area contributed by atoms with Crippen LogP contribution in [-0.4, -0.2) is 17.2 Å². The normalized spacial score (nSPS) is 12.0. The number of carboxylic acid groups (broad SMARTS) is 1. The lowest BCUT2D eigenvalue weighted by atomic mass is 10.0. The number of hydrogen-bond donors (Lipinski definition) is 1. The van der Waals surface area contributed by atoms with Crippen LogP contribution in [0.2, 0.25) is 0 Å². The van der Waals surface area contributed by atoms with Crippen molar-refractivity contribution in [2.24, 2.45) is 0 Å². The summed E-state index contributed by atoms with van der Waals surface area (Å²) in [5.41, 5.74) is 4.11. The van der Waals surface area contributed by atoms with Crippen LogP contribution in [0, 0.1) is 20.8 Å². The Hall–Kier alpha value is -2.29. The third-order valence-corrected chi connectivity index (χ3v) is 3.57. The fourth-order valence-electron chi connectivity index (χ4n) is 2.28. The molecule has 110 valence electrons. The predicted octanol–water partition coefficient (Wildman–Crippen LogP) is 3.69. The van der Waals surface area contributed by atoms with E-state index >= 15 is 0 Å². The molecule has 1 atom stereocenters. The molecule has 2 aromatic carbocycles. The van der Waals surface area contributed by atoms with E-state index in [1.54, 1.807) is 0 Å². The second-order valence-electron chi connectivity index (χ2n) is 5.34. The van der Waals surface area contributed by atoms with Gasteiger partial charge in [0, 0.05) is 6.42 Å². The van der Waals surface area contributed by atoms with Crippen molar-refractivity contribution in [3.63, 3.8) is 0 Å². The van der Waals surface area contributed by atoms with Gasteiger partial charge in [0.2, 0.25) is 0 Å². The van der Waals surface area contributed by atoms with Crippen LogP contribution in [0.3, 0.4) is 0 Å². The molecule has 0 spiro atoms. The van der Waals surface area contributed by atoms with Gasteiger partial charge in [0.1, 0.15) is 5.75 Å². The molecular weight excluding hydrogens is 264 g/mol. The lowest BCUT2D eigenvalue weighted by Crippen LogP contribution is -2.29. The fourth-order valence-corrected chi connectivity index (χ4v) is 2.28. The first-order valence-corrected chi connectivity index (χ1v) is 6.98. The zero-order chi connectivity index (χ0) is 15.4. The highest BCUT2D eigenvalue weighted by Crippen LogP contribution is 2.25. The highest BCUT2D eigenvalue weighted by molar-refractivity contribution is 5.73. The standard InChI is InChI=1S/C18H20O3/c1-12-9-13(2)14(3)16(10-12)21-17(18(19)20)11-15-7-5-4-6-8-15/h4-10,17H,11H2,1-3H3,(H,19,20)/t17-/m1/s1. The van der Waals surface area contributed by atoms with Gasteiger partial charge < -0.3 is 9.84 Å². The molecule has 0 aromatic heterocycles. The molecule has 0 aliphatic heterocycles. The quantitative estimate of drug-likeness (QED) is 0.911. The Kier molecular flexibility index (Phi) is 4.63. The van der Waals surface area contributed by atoms with E-state index in [-0.39, 0.29) is 0 Å². The monoisotopic (exact) mass is 284 g/mol.